The van der Waals surface area contributed by atoms with Crippen molar-refractivity contribution < 1.29 is 9.13 Å². The number of nitrogens with zero attached hydrogens (tertiary/aromatic N) is 1. The van der Waals surface area contributed by atoms with Gasteiger partial charge in [0.1, 0.15) is 6.10 Å². The van der Waals surface area contributed by atoms with Gasteiger partial charge in [-0.1, -0.05) is 37.3 Å². The molecule has 112 valence electrons. The van der Waals surface area contributed by atoms with Crippen molar-refractivity contribution >= 4 is 0 Å². The van der Waals surface area contributed by atoms with E-state index < -0.39 is 0 Å². The summed E-state index contributed by atoms with van der Waals surface area (Å²) in [5, 5.41) is 3.18. The summed E-state index contributed by atoms with van der Waals surface area (Å²) in [5.74, 6) is -0.328. The van der Waals surface area contributed by atoms with Gasteiger partial charge < -0.3 is 10.1 Å². The Morgan fingerprint density at radius 2 is 2.00 bits per heavy atom. The van der Waals surface area contributed by atoms with Crippen LogP contribution in [0.5, 0.6) is 5.88 Å². The lowest BCUT2D eigenvalue weighted by molar-refractivity contribution is 0.205. The maximum Gasteiger partial charge on any atom is 0.251 e. The van der Waals surface area contributed by atoms with Gasteiger partial charge in [0.05, 0.1) is 0 Å². The van der Waals surface area contributed by atoms with Gasteiger partial charge in [0.25, 0.3) is 5.88 Å². The molecule has 0 aliphatic rings. The van der Waals surface area contributed by atoms with E-state index in [0.717, 1.165) is 18.5 Å². The Bertz CT molecular complexity index is 560. The standard InChI is InChI=1S/C17H21FN2O/c1-3-10-19-12-15-9-11-20-17(16(15)18)21-13(2)14-7-5-4-6-8-14/h4-9,11,13,19H,3,10,12H2,1-2H3. The van der Waals surface area contributed by atoms with Crippen LogP contribution in [0.3, 0.4) is 0 Å². The Morgan fingerprint density at radius 1 is 1.24 bits per heavy atom. The van der Waals surface area contributed by atoms with Crippen molar-refractivity contribution in [1.29, 1.82) is 0 Å². The summed E-state index contributed by atoms with van der Waals surface area (Å²) < 4.78 is 20.0. The molecule has 0 amide bonds. The van der Waals surface area contributed by atoms with Crippen molar-refractivity contribution in [2.45, 2.75) is 32.9 Å². The first-order chi connectivity index (χ1) is 10.2. The normalized spacial score (nSPS) is 12.1. The number of benzene rings is 1. The molecule has 1 unspecified atom stereocenters. The number of pyridine rings is 1. The van der Waals surface area contributed by atoms with E-state index in [1.807, 2.05) is 37.3 Å². The molecule has 2 aromatic rings. The highest BCUT2D eigenvalue weighted by atomic mass is 19.1. The van der Waals surface area contributed by atoms with Gasteiger partial charge in [-0.05, 0) is 31.5 Å². The predicted molar refractivity (Wildman–Crippen MR) is 81.7 cm³/mol. The quantitative estimate of drug-likeness (QED) is 0.786. The van der Waals surface area contributed by atoms with Gasteiger partial charge in [0.15, 0.2) is 5.82 Å². The van der Waals surface area contributed by atoms with E-state index in [0.29, 0.717) is 12.1 Å². The average Bonchev–Trinajstić information content (AvgIpc) is 2.52. The van der Waals surface area contributed by atoms with Gasteiger partial charge >= 0.3 is 0 Å². The summed E-state index contributed by atoms with van der Waals surface area (Å²) >= 11 is 0. The van der Waals surface area contributed by atoms with Crippen LogP contribution in [0, 0.1) is 5.82 Å². The summed E-state index contributed by atoms with van der Waals surface area (Å²) in [4.78, 5) is 4.01. The molecule has 1 atom stereocenters. The van der Waals surface area contributed by atoms with E-state index in [9.17, 15) is 4.39 Å². The van der Waals surface area contributed by atoms with E-state index in [4.69, 9.17) is 4.74 Å². The number of ether oxygens (including phenoxy) is 1. The minimum absolute atomic E-state index is 0.0575. The second kappa shape index (κ2) is 7.74. The first-order valence-electron chi connectivity index (χ1n) is 7.28. The molecule has 0 fully saturated rings. The van der Waals surface area contributed by atoms with Crippen LogP contribution >= 0.6 is 0 Å². The summed E-state index contributed by atoms with van der Waals surface area (Å²) in [7, 11) is 0. The maximum atomic E-state index is 14.3. The fraction of sp³-hybridized carbons (Fsp3) is 0.353. The zero-order chi connectivity index (χ0) is 15.1. The Balaban J connectivity index is 2.08. The topological polar surface area (TPSA) is 34.2 Å². The van der Waals surface area contributed by atoms with Gasteiger partial charge in [-0.3, -0.25) is 0 Å². The van der Waals surface area contributed by atoms with Crippen LogP contribution in [-0.2, 0) is 6.54 Å². The molecule has 1 N–H and O–H groups in total. The van der Waals surface area contributed by atoms with E-state index in [1.54, 1.807) is 12.3 Å². The number of halogens is 1. The van der Waals surface area contributed by atoms with Crippen LogP contribution in [0.15, 0.2) is 42.6 Å². The summed E-state index contributed by atoms with van der Waals surface area (Å²) in [6, 6.07) is 11.4. The lowest BCUT2D eigenvalue weighted by Gasteiger charge is -2.15. The molecule has 4 heteroatoms. The van der Waals surface area contributed by atoms with Crippen LogP contribution in [0.25, 0.3) is 0 Å². The van der Waals surface area contributed by atoms with Gasteiger partial charge in [-0.25, -0.2) is 9.37 Å². The fourth-order valence-corrected chi connectivity index (χ4v) is 2.04. The van der Waals surface area contributed by atoms with Crippen molar-refractivity contribution in [3.8, 4) is 5.88 Å². The van der Waals surface area contributed by atoms with Crippen LogP contribution in [0.4, 0.5) is 4.39 Å². The van der Waals surface area contributed by atoms with Crippen molar-refractivity contribution in [3.63, 3.8) is 0 Å². The zero-order valence-corrected chi connectivity index (χ0v) is 12.5. The highest BCUT2D eigenvalue weighted by Gasteiger charge is 2.14. The first kappa shape index (κ1) is 15.4. The van der Waals surface area contributed by atoms with Gasteiger partial charge in [-0.15, -0.1) is 0 Å². The molecule has 1 aromatic heterocycles. The molecule has 21 heavy (non-hydrogen) atoms. The van der Waals surface area contributed by atoms with Crippen molar-refractivity contribution in [2.24, 2.45) is 0 Å². The molecule has 2 rings (SSSR count). The lowest BCUT2D eigenvalue weighted by Crippen LogP contribution is -2.15. The van der Waals surface area contributed by atoms with Crippen LogP contribution in [0.1, 0.15) is 37.5 Å². The third kappa shape index (κ3) is 4.26. The van der Waals surface area contributed by atoms with Crippen molar-refractivity contribution in [3.05, 3.63) is 59.5 Å². The van der Waals surface area contributed by atoms with Crippen LogP contribution < -0.4 is 10.1 Å². The third-order valence-corrected chi connectivity index (χ3v) is 3.24. The zero-order valence-electron chi connectivity index (χ0n) is 12.5. The van der Waals surface area contributed by atoms with Crippen LogP contribution in [-0.4, -0.2) is 11.5 Å². The largest absolute Gasteiger partial charge is 0.468 e. The number of aromatic nitrogens is 1. The molecule has 0 saturated heterocycles. The summed E-state index contributed by atoms with van der Waals surface area (Å²) in [6.45, 7) is 5.31. The van der Waals surface area contributed by atoms with E-state index in [-0.39, 0.29) is 17.8 Å². The van der Waals surface area contributed by atoms with Crippen molar-refractivity contribution in [1.82, 2.24) is 10.3 Å². The van der Waals surface area contributed by atoms with Gasteiger partial charge in [-0.2, -0.15) is 0 Å². The Morgan fingerprint density at radius 3 is 2.71 bits per heavy atom. The lowest BCUT2D eigenvalue weighted by atomic mass is 10.1. The molecule has 1 aromatic carbocycles. The maximum absolute atomic E-state index is 14.3. The molecule has 1 heterocycles. The molecule has 0 aliphatic heterocycles. The molecule has 0 radical (unpaired) electrons. The second-order valence-electron chi connectivity index (χ2n) is 4.94. The number of hydrogen-bond acceptors (Lipinski definition) is 3. The molecule has 3 nitrogen and oxygen atoms in total. The van der Waals surface area contributed by atoms with E-state index in [2.05, 4.69) is 17.2 Å². The van der Waals surface area contributed by atoms with Crippen molar-refractivity contribution in [2.75, 3.05) is 6.54 Å². The Kier molecular flexibility index (Phi) is 5.69. The monoisotopic (exact) mass is 288 g/mol. The number of rotatable bonds is 7. The van der Waals surface area contributed by atoms with Gasteiger partial charge in [0, 0.05) is 18.3 Å². The fourth-order valence-electron chi connectivity index (χ4n) is 2.04. The Hall–Kier alpha value is -1.94. The van der Waals surface area contributed by atoms with Crippen LogP contribution in [0.2, 0.25) is 0 Å². The Labute approximate surface area is 125 Å². The highest BCUT2D eigenvalue weighted by Crippen LogP contribution is 2.24. The van der Waals surface area contributed by atoms with E-state index >= 15 is 0 Å². The minimum atomic E-state index is -0.385. The van der Waals surface area contributed by atoms with Gasteiger partial charge in [0.2, 0.25) is 0 Å². The average molecular weight is 288 g/mol. The minimum Gasteiger partial charge on any atom is -0.468 e. The molecule has 0 saturated carbocycles. The smallest absolute Gasteiger partial charge is 0.251 e. The molecular formula is C17H21FN2O. The molecule has 0 aliphatic carbocycles. The second-order valence-corrected chi connectivity index (χ2v) is 4.94. The molecule has 0 spiro atoms. The number of hydrogen-bond donors (Lipinski definition) is 1. The van der Waals surface area contributed by atoms with E-state index in [1.165, 1.54) is 0 Å². The summed E-state index contributed by atoms with van der Waals surface area (Å²) in [5.41, 5.74) is 1.57. The predicted octanol–water partition coefficient (Wildman–Crippen LogP) is 3.86. The SMILES string of the molecule is CCCNCc1ccnc(OC(C)c2ccccc2)c1F. The third-order valence-electron chi connectivity index (χ3n) is 3.24. The first-order valence-corrected chi connectivity index (χ1v) is 7.28. The molecule has 0 bridgehead atoms. The number of nitrogens with one attached hydrogen (secondary N) is 1. The summed E-state index contributed by atoms with van der Waals surface area (Å²) in [6.07, 6.45) is 2.35. The highest BCUT2D eigenvalue weighted by molar-refractivity contribution is 5.25. The molecular weight excluding hydrogens is 267 g/mol.